The van der Waals surface area contributed by atoms with Crippen molar-refractivity contribution >= 4 is 6.29 Å². The second-order valence-corrected chi connectivity index (χ2v) is 1.80. The quantitative estimate of drug-likeness (QED) is 0.482. The number of allylic oxidation sites excluding steroid dienone is 2. The Morgan fingerprint density at radius 3 is 2.45 bits per heavy atom. The van der Waals surface area contributed by atoms with Crippen LogP contribution in [-0.2, 0) is 4.79 Å². The van der Waals surface area contributed by atoms with Crippen molar-refractivity contribution in [1.82, 2.24) is 15.2 Å². The molecule has 0 fully saturated rings. The highest BCUT2D eigenvalue weighted by Gasteiger charge is 1.72. The van der Waals surface area contributed by atoms with Gasteiger partial charge in [-0.2, -0.15) is 5.10 Å². The molecule has 0 aliphatic heterocycles. The van der Waals surface area contributed by atoms with Crippen molar-refractivity contribution in [3.05, 3.63) is 24.3 Å². The molecule has 0 bridgehead atoms. The minimum absolute atomic E-state index is 0.787. The number of aromatic amines is 1. The maximum absolute atomic E-state index is 9.67. The van der Waals surface area contributed by atoms with Gasteiger partial charge >= 0.3 is 0 Å². The zero-order valence-electron chi connectivity index (χ0n) is 6.61. The van der Waals surface area contributed by atoms with Crippen molar-refractivity contribution in [2.45, 2.75) is 13.8 Å². The fraction of sp³-hybridized carbons (Fsp3) is 0.286. The van der Waals surface area contributed by atoms with E-state index < -0.39 is 0 Å². The Morgan fingerprint density at radius 1 is 1.64 bits per heavy atom. The van der Waals surface area contributed by atoms with E-state index in [-0.39, 0.29) is 0 Å². The Kier molecular flexibility index (Phi) is 5.79. The average Bonchev–Trinajstić information content (AvgIpc) is 2.60. The number of carbonyl (C=O) groups is 1. The van der Waals surface area contributed by atoms with Crippen LogP contribution in [0.5, 0.6) is 0 Å². The zero-order valence-corrected chi connectivity index (χ0v) is 6.61. The summed E-state index contributed by atoms with van der Waals surface area (Å²) in [5.74, 6) is 0. The number of rotatable bonds is 1. The minimum Gasteiger partial charge on any atom is -0.298 e. The molecule has 4 heteroatoms. The molecular weight excluding hydrogens is 142 g/mol. The van der Waals surface area contributed by atoms with E-state index in [0.717, 1.165) is 11.9 Å². The van der Waals surface area contributed by atoms with Crippen LogP contribution in [0.25, 0.3) is 0 Å². The van der Waals surface area contributed by atoms with Gasteiger partial charge in [0.1, 0.15) is 18.9 Å². The predicted molar refractivity (Wildman–Crippen MR) is 41.9 cm³/mol. The molecule has 1 rings (SSSR count). The summed E-state index contributed by atoms with van der Waals surface area (Å²) in [6, 6.07) is 0. The van der Waals surface area contributed by atoms with Crippen LogP contribution >= 0.6 is 0 Å². The van der Waals surface area contributed by atoms with E-state index in [2.05, 4.69) is 15.2 Å². The molecule has 0 radical (unpaired) electrons. The summed E-state index contributed by atoms with van der Waals surface area (Å²) in [6.07, 6.45) is 5.56. The first kappa shape index (κ1) is 9.55. The van der Waals surface area contributed by atoms with Crippen molar-refractivity contribution < 1.29 is 4.79 Å². The van der Waals surface area contributed by atoms with E-state index in [1.165, 1.54) is 12.7 Å². The van der Waals surface area contributed by atoms with E-state index in [4.69, 9.17) is 0 Å². The molecule has 0 spiro atoms. The molecule has 1 aromatic heterocycles. The molecule has 0 aliphatic carbocycles. The predicted octanol–water partition coefficient (Wildman–Crippen LogP) is 0.956. The van der Waals surface area contributed by atoms with Crippen molar-refractivity contribution in [2.24, 2.45) is 0 Å². The summed E-state index contributed by atoms with van der Waals surface area (Å²) in [5.41, 5.74) is 0.787. The Hall–Kier alpha value is -1.45. The number of carbonyl (C=O) groups excluding carboxylic acids is 1. The summed E-state index contributed by atoms with van der Waals surface area (Å²) in [6.45, 7) is 3.61. The number of nitrogens with one attached hydrogen (secondary N) is 1. The summed E-state index contributed by atoms with van der Waals surface area (Å²) >= 11 is 0. The maximum Gasteiger partial charge on any atom is 0.145 e. The molecule has 0 saturated heterocycles. The van der Waals surface area contributed by atoms with Crippen molar-refractivity contribution in [2.75, 3.05) is 0 Å². The second-order valence-electron chi connectivity index (χ2n) is 1.80. The molecule has 0 amide bonds. The van der Waals surface area contributed by atoms with Gasteiger partial charge in [0.15, 0.2) is 0 Å². The molecule has 1 heterocycles. The highest BCUT2D eigenvalue weighted by Crippen LogP contribution is 1.80. The Balaban J connectivity index is 0.000000183. The molecule has 1 N–H and O–H groups in total. The summed E-state index contributed by atoms with van der Waals surface area (Å²) < 4.78 is 0. The molecular formula is C7H11N3O. The first-order valence-corrected chi connectivity index (χ1v) is 3.18. The number of hydrogen-bond donors (Lipinski definition) is 1. The lowest BCUT2D eigenvalue weighted by atomic mass is 10.3. The number of aromatic nitrogens is 3. The van der Waals surface area contributed by atoms with Gasteiger partial charge in [-0.05, 0) is 19.4 Å². The largest absolute Gasteiger partial charge is 0.298 e. The van der Waals surface area contributed by atoms with Crippen LogP contribution in [-0.4, -0.2) is 21.5 Å². The number of H-pyrrole nitrogens is 1. The van der Waals surface area contributed by atoms with Gasteiger partial charge in [-0.3, -0.25) is 9.89 Å². The number of nitrogens with zero attached hydrogens (tertiary/aromatic N) is 2. The Labute approximate surface area is 65.4 Å². The van der Waals surface area contributed by atoms with Gasteiger partial charge in [-0.1, -0.05) is 6.08 Å². The van der Waals surface area contributed by atoms with E-state index in [0.29, 0.717) is 0 Å². The SMILES string of the molecule is CC=C(C)C=O.c1nc[nH]n1. The zero-order chi connectivity index (χ0) is 8.53. The standard InChI is InChI=1S/C5H8O.C2H3N3/c1-3-5(2)4-6;1-3-2-5-4-1/h3-4H,1-2H3;1-2H,(H,3,4,5). The van der Waals surface area contributed by atoms with E-state index >= 15 is 0 Å². The third kappa shape index (κ3) is 6.44. The van der Waals surface area contributed by atoms with Crippen LogP contribution in [0.2, 0.25) is 0 Å². The first-order valence-electron chi connectivity index (χ1n) is 3.18. The van der Waals surface area contributed by atoms with Crippen molar-refractivity contribution in [3.8, 4) is 0 Å². The van der Waals surface area contributed by atoms with Crippen LogP contribution in [0.1, 0.15) is 13.8 Å². The summed E-state index contributed by atoms with van der Waals surface area (Å²) in [5, 5.41) is 5.99. The monoisotopic (exact) mass is 153 g/mol. The summed E-state index contributed by atoms with van der Waals surface area (Å²) in [7, 11) is 0. The lowest BCUT2D eigenvalue weighted by Gasteiger charge is -1.73. The molecule has 0 aliphatic rings. The Bertz CT molecular complexity index is 186. The van der Waals surface area contributed by atoms with E-state index in [9.17, 15) is 4.79 Å². The molecule has 0 saturated carbocycles. The van der Waals surface area contributed by atoms with Gasteiger partial charge in [0.05, 0.1) is 0 Å². The molecule has 0 unspecified atom stereocenters. The van der Waals surface area contributed by atoms with Gasteiger partial charge in [0.2, 0.25) is 0 Å². The second kappa shape index (κ2) is 6.67. The minimum atomic E-state index is 0.787. The van der Waals surface area contributed by atoms with Gasteiger partial charge in [0, 0.05) is 0 Å². The highest BCUT2D eigenvalue weighted by molar-refractivity contribution is 5.71. The van der Waals surface area contributed by atoms with Crippen LogP contribution in [0, 0.1) is 0 Å². The molecule has 0 aromatic carbocycles. The van der Waals surface area contributed by atoms with Crippen molar-refractivity contribution in [1.29, 1.82) is 0 Å². The van der Waals surface area contributed by atoms with Gasteiger partial charge in [0.25, 0.3) is 0 Å². The molecule has 11 heavy (non-hydrogen) atoms. The highest BCUT2D eigenvalue weighted by atomic mass is 16.1. The lowest BCUT2D eigenvalue weighted by molar-refractivity contribution is -0.104. The summed E-state index contributed by atoms with van der Waals surface area (Å²) in [4.78, 5) is 13.2. The van der Waals surface area contributed by atoms with Crippen LogP contribution in [0.3, 0.4) is 0 Å². The van der Waals surface area contributed by atoms with E-state index in [1.54, 1.807) is 13.0 Å². The molecule has 0 atom stereocenters. The third-order valence-electron chi connectivity index (χ3n) is 0.972. The Morgan fingerprint density at radius 2 is 2.36 bits per heavy atom. The van der Waals surface area contributed by atoms with E-state index in [1.807, 2.05) is 6.92 Å². The normalized spacial score (nSPS) is 9.82. The maximum atomic E-state index is 9.67. The smallest absolute Gasteiger partial charge is 0.145 e. The number of aldehydes is 1. The van der Waals surface area contributed by atoms with Crippen LogP contribution in [0.4, 0.5) is 0 Å². The third-order valence-corrected chi connectivity index (χ3v) is 0.972. The van der Waals surface area contributed by atoms with Gasteiger partial charge < -0.3 is 0 Å². The topological polar surface area (TPSA) is 58.6 Å². The van der Waals surface area contributed by atoms with Crippen LogP contribution < -0.4 is 0 Å². The first-order chi connectivity index (χ1) is 5.31. The average molecular weight is 153 g/mol. The van der Waals surface area contributed by atoms with Gasteiger partial charge in [-0.15, -0.1) is 0 Å². The van der Waals surface area contributed by atoms with Crippen LogP contribution in [0.15, 0.2) is 24.3 Å². The molecule has 4 nitrogen and oxygen atoms in total. The molecule has 1 aromatic rings. The van der Waals surface area contributed by atoms with Gasteiger partial charge in [-0.25, -0.2) is 4.98 Å². The fourth-order valence-corrected chi connectivity index (χ4v) is 0.235. The fourth-order valence-electron chi connectivity index (χ4n) is 0.235. The lowest BCUT2D eigenvalue weighted by Crippen LogP contribution is -1.69. The van der Waals surface area contributed by atoms with Crippen molar-refractivity contribution in [3.63, 3.8) is 0 Å². The molecule has 60 valence electrons. The number of hydrogen-bond acceptors (Lipinski definition) is 3.